The van der Waals surface area contributed by atoms with Gasteiger partial charge in [-0.1, -0.05) is 43.5 Å². The fraction of sp³-hybridized carbons (Fsp3) is 0.609. The van der Waals surface area contributed by atoms with Crippen molar-refractivity contribution in [2.45, 2.75) is 71.5 Å². The van der Waals surface area contributed by atoms with Gasteiger partial charge in [0.2, 0.25) is 0 Å². The molecular formula is C23H33BCl2N2O5. The van der Waals surface area contributed by atoms with E-state index < -0.39 is 12.6 Å². The van der Waals surface area contributed by atoms with E-state index in [0.717, 1.165) is 0 Å². The molecule has 182 valence electrons. The van der Waals surface area contributed by atoms with Crippen LogP contribution in [0.3, 0.4) is 0 Å². The summed E-state index contributed by atoms with van der Waals surface area (Å²) in [4.78, 5) is 38.3. The summed E-state index contributed by atoms with van der Waals surface area (Å²) in [6.45, 7) is 7.80. The van der Waals surface area contributed by atoms with Crippen LogP contribution in [-0.4, -0.2) is 60.5 Å². The molecule has 6 atom stereocenters. The lowest BCUT2D eigenvalue weighted by molar-refractivity contribution is -0.846. The van der Waals surface area contributed by atoms with Crippen LogP contribution in [0.4, 0.5) is 0 Å². The second kappa shape index (κ2) is 9.57. The zero-order valence-electron chi connectivity index (χ0n) is 20.1. The van der Waals surface area contributed by atoms with Gasteiger partial charge in [-0.15, -0.1) is 0 Å². The van der Waals surface area contributed by atoms with Crippen LogP contribution in [0.25, 0.3) is 0 Å². The largest absolute Gasteiger partial charge is 0.610 e. The molecule has 7 nitrogen and oxygen atoms in total. The Morgan fingerprint density at radius 1 is 1.21 bits per heavy atom. The number of hydrogen-bond donors (Lipinski definition) is 1. The number of likely N-dealkylation sites (N-methyl/N-ethyl adjacent to an activating group) is 1. The van der Waals surface area contributed by atoms with Crippen LogP contribution in [0.5, 0.6) is 0 Å². The van der Waals surface area contributed by atoms with Crippen LogP contribution >= 0.6 is 23.2 Å². The van der Waals surface area contributed by atoms with Gasteiger partial charge >= 0.3 is 12.7 Å². The van der Waals surface area contributed by atoms with Gasteiger partial charge in [-0.05, 0) is 57.1 Å². The number of nitrogens with one attached hydrogen (secondary N) is 1. The summed E-state index contributed by atoms with van der Waals surface area (Å²) >= 11 is 12.1. The topological polar surface area (TPSA) is 81.7 Å². The molecule has 2 fully saturated rings. The molecule has 1 aromatic rings. The fourth-order valence-electron chi connectivity index (χ4n) is 5.61. The minimum atomic E-state index is -2.09. The summed E-state index contributed by atoms with van der Waals surface area (Å²) in [6, 6.07) is 4.26. The first-order valence-corrected chi connectivity index (χ1v) is 12.2. The number of carbonyl (C=O) groups is 3. The number of amides is 1. The SMILES string of the molecule is CC(C)C[C@H](CC(=O)CNC(=O)c1cc(Cl)ccc1Cl)[B-]12OC(=O)[C@H](C)[N+]1(C)[C@H](C)[C@@H](C)O2. The van der Waals surface area contributed by atoms with Crippen LogP contribution in [0.1, 0.15) is 57.8 Å². The molecule has 0 spiro atoms. The molecule has 1 aromatic carbocycles. The van der Waals surface area contributed by atoms with E-state index in [4.69, 9.17) is 32.5 Å². The summed E-state index contributed by atoms with van der Waals surface area (Å²) in [7, 11) is 2.00. The number of quaternary nitrogens is 1. The predicted molar refractivity (Wildman–Crippen MR) is 129 cm³/mol. The Bertz CT molecular complexity index is 961. The van der Waals surface area contributed by atoms with Gasteiger partial charge in [0.05, 0.1) is 29.3 Å². The molecule has 2 heterocycles. The van der Waals surface area contributed by atoms with Crippen molar-refractivity contribution in [1.82, 2.24) is 5.32 Å². The summed E-state index contributed by atoms with van der Waals surface area (Å²) in [5.41, 5.74) is 0.211. The van der Waals surface area contributed by atoms with E-state index in [2.05, 4.69) is 26.1 Å². The van der Waals surface area contributed by atoms with Crippen molar-refractivity contribution in [2.24, 2.45) is 5.92 Å². The Hall–Kier alpha value is -1.61. The number of rotatable bonds is 8. The molecule has 0 aliphatic carbocycles. The van der Waals surface area contributed by atoms with E-state index in [0.29, 0.717) is 15.8 Å². The number of halogens is 2. The Balaban J connectivity index is 1.80. The van der Waals surface area contributed by atoms with Crippen molar-refractivity contribution in [3.63, 3.8) is 0 Å². The molecule has 0 aromatic heterocycles. The number of hydrogen-bond acceptors (Lipinski definition) is 5. The maximum absolute atomic E-state index is 13.0. The molecule has 0 bridgehead atoms. The van der Waals surface area contributed by atoms with Crippen LogP contribution in [-0.2, 0) is 18.9 Å². The molecule has 2 aliphatic rings. The van der Waals surface area contributed by atoms with Crippen molar-refractivity contribution in [1.29, 1.82) is 0 Å². The highest BCUT2D eigenvalue weighted by Crippen LogP contribution is 2.52. The van der Waals surface area contributed by atoms with Gasteiger partial charge in [-0.2, -0.15) is 0 Å². The molecule has 0 saturated carbocycles. The van der Waals surface area contributed by atoms with E-state index in [9.17, 15) is 14.4 Å². The predicted octanol–water partition coefficient (Wildman–Crippen LogP) is 4.24. The lowest BCUT2D eigenvalue weighted by Crippen LogP contribution is -2.68. The number of Topliss-reactive ketones (excluding diaryl/α,β-unsaturated/α-hetero) is 1. The van der Waals surface area contributed by atoms with Gasteiger partial charge in [-0.3, -0.25) is 9.59 Å². The lowest BCUT2D eigenvalue weighted by atomic mass is 9.51. The summed E-state index contributed by atoms with van der Waals surface area (Å²) in [5, 5.41) is 3.28. The van der Waals surface area contributed by atoms with Crippen molar-refractivity contribution in [3.05, 3.63) is 33.8 Å². The Kier molecular flexibility index (Phi) is 7.54. The summed E-state index contributed by atoms with van der Waals surface area (Å²) in [6.07, 6.45) is 0.683. The minimum Gasteiger partial charge on any atom is -0.610 e. The Labute approximate surface area is 205 Å². The molecule has 10 heteroatoms. The average molecular weight is 499 g/mol. The van der Waals surface area contributed by atoms with Crippen molar-refractivity contribution >= 4 is 47.5 Å². The quantitative estimate of drug-likeness (QED) is 0.542. The Morgan fingerprint density at radius 3 is 2.52 bits per heavy atom. The molecule has 2 aliphatic heterocycles. The highest BCUT2D eigenvalue weighted by atomic mass is 35.5. The van der Waals surface area contributed by atoms with Gasteiger partial charge in [0, 0.05) is 12.1 Å². The van der Waals surface area contributed by atoms with Crippen LogP contribution < -0.4 is 5.32 Å². The molecule has 1 amide bonds. The highest BCUT2D eigenvalue weighted by Gasteiger charge is 2.71. The van der Waals surface area contributed by atoms with Crippen molar-refractivity contribution in [2.75, 3.05) is 13.6 Å². The van der Waals surface area contributed by atoms with Crippen molar-refractivity contribution in [3.8, 4) is 0 Å². The molecule has 2 unspecified atom stereocenters. The number of nitrogens with zero attached hydrogens (tertiary/aromatic N) is 1. The molecule has 3 rings (SSSR count). The third kappa shape index (κ3) is 4.55. The third-order valence-electron chi connectivity index (χ3n) is 7.68. The first kappa shape index (κ1) is 26.0. The summed E-state index contributed by atoms with van der Waals surface area (Å²) in [5.74, 6) is -0.962. The summed E-state index contributed by atoms with van der Waals surface area (Å²) < 4.78 is 12.8. The number of carbonyl (C=O) groups excluding carboxylic acids is 3. The number of benzene rings is 1. The van der Waals surface area contributed by atoms with Gasteiger partial charge in [0.1, 0.15) is 11.8 Å². The number of ketones is 1. The van der Waals surface area contributed by atoms with E-state index in [-0.39, 0.29) is 65.2 Å². The van der Waals surface area contributed by atoms with E-state index >= 15 is 0 Å². The molecule has 33 heavy (non-hydrogen) atoms. The first-order chi connectivity index (χ1) is 15.3. The molecular weight excluding hydrogens is 466 g/mol. The minimum absolute atomic E-state index is 0.0425. The number of fused-ring (bicyclic) bond motifs is 1. The second-order valence-corrected chi connectivity index (χ2v) is 10.9. The van der Waals surface area contributed by atoms with Crippen LogP contribution in [0.2, 0.25) is 15.9 Å². The van der Waals surface area contributed by atoms with Crippen LogP contribution in [0, 0.1) is 5.92 Å². The second-order valence-electron chi connectivity index (χ2n) is 10.1. The third-order valence-corrected chi connectivity index (χ3v) is 8.25. The Morgan fingerprint density at radius 2 is 1.88 bits per heavy atom. The van der Waals surface area contributed by atoms with Gasteiger partial charge in [0.25, 0.3) is 5.91 Å². The molecule has 0 radical (unpaired) electrons. The van der Waals surface area contributed by atoms with Crippen LogP contribution in [0.15, 0.2) is 18.2 Å². The zero-order valence-corrected chi connectivity index (χ0v) is 21.6. The fourth-order valence-corrected chi connectivity index (χ4v) is 5.99. The van der Waals surface area contributed by atoms with Gasteiger partial charge < -0.3 is 19.0 Å². The molecule has 1 N–H and O–H groups in total. The van der Waals surface area contributed by atoms with Gasteiger partial charge in [0.15, 0.2) is 0 Å². The highest BCUT2D eigenvalue weighted by molar-refractivity contribution is 6.65. The monoisotopic (exact) mass is 498 g/mol. The van der Waals surface area contributed by atoms with E-state index in [1.165, 1.54) is 12.1 Å². The van der Waals surface area contributed by atoms with E-state index in [1.807, 2.05) is 20.9 Å². The van der Waals surface area contributed by atoms with E-state index in [1.54, 1.807) is 6.07 Å². The van der Waals surface area contributed by atoms with Crippen molar-refractivity contribution < 1.29 is 28.1 Å². The maximum atomic E-state index is 13.0. The normalized spacial score (nSPS) is 31.9. The zero-order chi connectivity index (χ0) is 24.7. The first-order valence-electron chi connectivity index (χ1n) is 11.5. The standard InChI is InChI=1S/C23H33BCl2N2O5/c1-13(2)9-17(24-28(6,14(3)16(5)32-24)15(4)23(31)33-24)10-19(29)12-27-22(30)20-11-18(25)7-8-21(20)26/h7-8,11,13-17H,9-10,12H2,1-6H3,(H,27,30)/t14-,15+,16-,17-,24?,28?/m1/s1. The van der Waals surface area contributed by atoms with Gasteiger partial charge in [-0.25, -0.2) is 4.79 Å². The maximum Gasteiger partial charge on any atom is 0.532 e. The smallest absolute Gasteiger partial charge is 0.532 e. The molecule has 2 saturated heterocycles. The average Bonchev–Trinajstić information content (AvgIpc) is 3.06. The lowest BCUT2D eigenvalue weighted by Gasteiger charge is -2.51.